The monoisotopic (exact) mass is 315 g/mol. The molecule has 2 aliphatic rings. The van der Waals surface area contributed by atoms with Crippen molar-refractivity contribution in [3.05, 3.63) is 35.4 Å². The highest BCUT2D eigenvalue weighted by atomic mass is 16.1. The lowest BCUT2D eigenvalue weighted by molar-refractivity contribution is -0.126. The van der Waals surface area contributed by atoms with Crippen molar-refractivity contribution in [3.8, 4) is 0 Å². The topological polar surface area (TPSA) is 58.4 Å². The first-order chi connectivity index (χ1) is 11.2. The fourth-order valence-corrected chi connectivity index (χ4v) is 3.87. The summed E-state index contributed by atoms with van der Waals surface area (Å²) in [6, 6.07) is 8.93. The van der Waals surface area contributed by atoms with Gasteiger partial charge in [-0.3, -0.25) is 9.69 Å². The number of hydrogen-bond acceptors (Lipinski definition) is 3. The molecule has 1 fully saturated rings. The molecule has 126 valence electrons. The Hall–Kier alpha value is -1.39. The smallest absolute Gasteiger partial charge is 0.223 e. The molecular formula is C19H29N3O. The third-order valence-corrected chi connectivity index (χ3v) is 5.25. The summed E-state index contributed by atoms with van der Waals surface area (Å²) >= 11 is 0. The average molecular weight is 315 g/mol. The molecule has 2 unspecified atom stereocenters. The Balaban J connectivity index is 1.35. The van der Waals surface area contributed by atoms with Crippen molar-refractivity contribution in [3.63, 3.8) is 0 Å². The first-order valence-electron chi connectivity index (χ1n) is 9.05. The molecule has 3 rings (SSSR count). The molecule has 1 amide bonds. The molecule has 4 nitrogen and oxygen atoms in total. The molecule has 1 saturated carbocycles. The number of nitrogens with two attached hydrogens (primary N) is 1. The SMILES string of the molecule is NC1CCCC(C(=O)NCCCN2CCc3ccccc3C2)C1. The molecule has 1 heterocycles. The number of benzene rings is 1. The normalized spacial score (nSPS) is 24.9. The fraction of sp³-hybridized carbons (Fsp3) is 0.632. The number of nitrogens with zero attached hydrogens (tertiary/aromatic N) is 1. The van der Waals surface area contributed by atoms with Crippen molar-refractivity contribution in [1.29, 1.82) is 0 Å². The van der Waals surface area contributed by atoms with Gasteiger partial charge in [0, 0.05) is 38.1 Å². The van der Waals surface area contributed by atoms with Crippen molar-refractivity contribution in [2.24, 2.45) is 11.7 Å². The van der Waals surface area contributed by atoms with Gasteiger partial charge in [-0.15, -0.1) is 0 Å². The van der Waals surface area contributed by atoms with Crippen LogP contribution in [0.4, 0.5) is 0 Å². The zero-order valence-electron chi connectivity index (χ0n) is 14.0. The van der Waals surface area contributed by atoms with Crippen LogP contribution in [0.25, 0.3) is 0 Å². The van der Waals surface area contributed by atoms with Crippen LogP contribution in [0.2, 0.25) is 0 Å². The third-order valence-electron chi connectivity index (χ3n) is 5.25. The summed E-state index contributed by atoms with van der Waals surface area (Å²) in [5, 5.41) is 3.11. The van der Waals surface area contributed by atoms with Crippen molar-refractivity contribution < 1.29 is 4.79 Å². The molecule has 23 heavy (non-hydrogen) atoms. The summed E-state index contributed by atoms with van der Waals surface area (Å²) in [4.78, 5) is 14.7. The molecule has 1 aromatic rings. The van der Waals surface area contributed by atoms with Gasteiger partial charge in [-0.25, -0.2) is 0 Å². The Morgan fingerprint density at radius 2 is 2.09 bits per heavy atom. The van der Waals surface area contributed by atoms with Crippen molar-refractivity contribution >= 4 is 5.91 Å². The van der Waals surface area contributed by atoms with Crippen LogP contribution in [-0.2, 0) is 17.8 Å². The molecule has 3 N–H and O–H groups in total. The van der Waals surface area contributed by atoms with Crippen molar-refractivity contribution in [1.82, 2.24) is 10.2 Å². The van der Waals surface area contributed by atoms with Gasteiger partial charge in [-0.2, -0.15) is 0 Å². The molecule has 0 spiro atoms. The Kier molecular flexibility index (Phi) is 5.68. The zero-order chi connectivity index (χ0) is 16.1. The van der Waals surface area contributed by atoms with Crippen LogP contribution in [-0.4, -0.2) is 36.5 Å². The first kappa shape index (κ1) is 16.5. The van der Waals surface area contributed by atoms with Gasteiger partial charge >= 0.3 is 0 Å². The molecule has 1 aliphatic carbocycles. The van der Waals surface area contributed by atoms with Crippen LogP contribution in [0.3, 0.4) is 0 Å². The second-order valence-electron chi connectivity index (χ2n) is 7.06. The van der Waals surface area contributed by atoms with E-state index in [1.165, 1.54) is 11.1 Å². The summed E-state index contributed by atoms with van der Waals surface area (Å²) in [7, 11) is 0. The quantitative estimate of drug-likeness (QED) is 0.818. The second-order valence-corrected chi connectivity index (χ2v) is 7.06. The molecule has 0 radical (unpaired) electrons. The highest BCUT2D eigenvalue weighted by Crippen LogP contribution is 2.23. The van der Waals surface area contributed by atoms with E-state index >= 15 is 0 Å². The van der Waals surface area contributed by atoms with Gasteiger partial charge in [0.2, 0.25) is 5.91 Å². The second kappa shape index (κ2) is 7.93. The van der Waals surface area contributed by atoms with Crippen LogP contribution >= 0.6 is 0 Å². The average Bonchev–Trinajstić information content (AvgIpc) is 2.58. The lowest BCUT2D eigenvalue weighted by atomic mass is 9.85. The first-order valence-corrected chi connectivity index (χ1v) is 9.05. The van der Waals surface area contributed by atoms with E-state index in [1.54, 1.807) is 0 Å². The molecule has 2 atom stereocenters. The third kappa shape index (κ3) is 4.55. The van der Waals surface area contributed by atoms with E-state index in [4.69, 9.17) is 5.73 Å². The Labute approximate surface area is 139 Å². The van der Waals surface area contributed by atoms with Gasteiger partial charge in [0.1, 0.15) is 0 Å². The summed E-state index contributed by atoms with van der Waals surface area (Å²) in [6.45, 7) is 4.01. The van der Waals surface area contributed by atoms with Gasteiger partial charge < -0.3 is 11.1 Å². The maximum atomic E-state index is 12.2. The fourth-order valence-electron chi connectivity index (χ4n) is 3.87. The van der Waals surface area contributed by atoms with Crippen LogP contribution < -0.4 is 11.1 Å². The van der Waals surface area contributed by atoms with Gasteiger partial charge in [-0.1, -0.05) is 30.7 Å². The van der Waals surface area contributed by atoms with E-state index in [-0.39, 0.29) is 17.9 Å². The molecule has 1 aliphatic heterocycles. The van der Waals surface area contributed by atoms with Gasteiger partial charge in [0.15, 0.2) is 0 Å². The number of rotatable bonds is 5. The van der Waals surface area contributed by atoms with Gasteiger partial charge in [-0.05, 0) is 43.2 Å². The van der Waals surface area contributed by atoms with Gasteiger partial charge in [0.05, 0.1) is 0 Å². The number of carbonyl (C=O) groups is 1. The standard InChI is InChI=1S/C19H29N3O/c20-18-8-3-7-16(13-18)19(23)21-10-4-11-22-12-9-15-5-1-2-6-17(15)14-22/h1-2,5-6,16,18H,3-4,7-14,20H2,(H,21,23). The minimum absolute atomic E-state index is 0.139. The van der Waals surface area contributed by atoms with E-state index in [2.05, 4.69) is 34.5 Å². The lowest BCUT2D eigenvalue weighted by Gasteiger charge is -2.29. The highest BCUT2D eigenvalue weighted by molar-refractivity contribution is 5.78. The molecular weight excluding hydrogens is 286 g/mol. The largest absolute Gasteiger partial charge is 0.356 e. The summed E-state index contributed by atoms with van der Waals surface area (Å²) in [5.74, 6) is 0.352. The highest BCUT2D eigenvalue weighted by Gasteiger charge is 2.25. The summed E-state index contributed by atoms with van der Waals surface area (Å²) in [6.07, 6.45) is 6.18. The number of hydrogen-bond donors (Lipinski definition) is 2. The molecule has 1 aromatic carbocycles. The van der Waals surface area contributed by atoms with Crippen molar-refractivity contribution in [2.75, 3.05) is 19.6 Å². The molecule has 0 bridgehead atoms. The minimum Gasteiger partial charge on any atom is -0.356 e. The Bertz CT molecular complexity index is 531. The maximum Gasteiger partial charge on any atom is 0.223 e. The van der Waals surface area contributed by atoms with E-state index in [0.717, 1.165) is 64.7 Å². The summed E-state index contributed by atoms with van der Waals surface area (Å²) in [5.41, 5.74) is 8.92. The predicted molar refractivity (Wildman–Crippen MR) is 93.0 cm³/mol. The number of nitrogens with one attached hydrogen (secondary N) is 1. The van der Waals surface area contributed by atoms with Crippen LogP contribution in [0.1, 0.15) is 43.2 Å². The van der Waals surface area contributed by atoms with Crippen LogP contribution in [0.5, 0.6) is 0 Å². The number of fused-ring (bicyclic) bond motifs is 1. The van der Waals surface area contributed by atoms with Crippen LogP contribution in [0, 0.1) is 5.92 Å². The Morgan fingerprint density at radius 3 is 2.91 bits per heavy atom. The minimum atomic E-state index is 0.139. The lowest BCUT2D eigenvalue weighted by Crippen LogP contribution is -2.39. The number of carbonyl (C=O) groups excluding carboxylic acids is 1. The zero-order valence-corrected chi connectivity index (χ0v) is 14.0. The molecule has 0 aromatic heterocycles. The van der Waals surface area contributed by atoms with E-state index in [0.29, 0.717) is 0 Å². The summed E-state index contributed by atoms with van der Waals surface area (Å²) < 4.78 is 0. The Morgan fingerprint density at radius 1 is 1.26 bits per heavy atom. The van der Waals surface area contributed by atoms with E-state index in [9.17, 15) is 4.79 Å². The molecule has 4 heteroatoms. The van der Waals surface area contributed by atoms with Crippen molar-refractivity contribution in [2.45, 2.75) is 51.1 Å². The van der Waals surface area contributed by atoms with Gasteiger partial charge in [0.25, 0.3) is 0 Å². The van der Waals surface area contributed by atoms with Crippen LogP contribution in [0.15, 0.2) is 24.3 Å². The van der Waals surface area contributed by atoms with E-state index in [1.807, 2.05) is 0 Å². The number of amides is 1. The van der Waals surface area contributed by atoms with E-state index < -0.39 is 0 Å². The maximum absolute atomic E-state index is 12.2. The predicted octanol–water partition coefficient (Wildman–Crippen LogP) is 2.07. The molecule has 0 saturated heterocycles.